The Balaban J connectivity index is 1.94. The van der Waals surface area contributed by atoms with E-state index >= 15 is 0 Å². The Bertz CT molecular complexity index is 369. The third-order valence-electron chi connectivity index (χ3n) is 3.17. The summed E-state index contributed by atoms with van der Waals surface area (Å²) in [5, 5.41) is 8.21. The van der Waals surface area contributed by atoms with E-state index in [1.807, 2.05) is 0 Å². The molecule has 1 saturated heterocycles. The number of likely N-dealkylation sites (tertiary alicyclic amines) is 1. The van der Waals surface area contributed by atoms with E-state index in [9.17, 15) is 0 Å². The lowest BCUT2D eigenvalue weighted by atomic mass is 9.97. The monoisotopic (exact) mass is 238 g/mol. The molecule has 0 radical (unpaired) electrons. The van der Waals surface area contributed by atoms with Crippen molar-refractivity contribution in [2.75, 3.05) is 19.6 Å². The fourth-order valence-corrected chi connectivity index (χ4v) is 2.06. The lowest BCUT2D eigenvalue weighted by molar-refractivity contribution is 0.269. The molecule has 1 atom stereocenters. The molecule has 1 fully saturated rings. The molecule has 2 N–H and O–H groups in total. The maximum Gasteiger partial charge on any atom is 0.230 e. The highest BCUT2D eigenvalue weighted by atomic mass is 16.4. The van der Waals surface area contributed by atoms with E-state index in [0.29, 0.717) is 17.7 Å². The highest BCUT2D eigenvalue weighted by molar-refractivity contribution is 4.96. The first-order chi connectivity index (χ1) is 7.99. The van der Waals surface area contributed by atoms with Gasteiger partial charge in [-0.05, 0) is 25.4 Å². The summed E-state index contributed by atoms with van der Waals surface area (Å²) in [6.07, 6.45) is 1.18. The molecular weight excluding hydrogens is 216 g/mol. The van der Waals surface area contributed by atoms with E-state index in [2.05, 4.69) is 35.9 Å². The van der Waals surface area contributed by atoms with E-state index in [1.165, 1.54) is 6.42 Å². The third-order valence-corrected chi connectivity index (χ3v) is 3.17. The van der Waals surface area contributed by atoms with Gasteiger partial charge in [0.2, 0.25) is 11.8 Å². The molecule has 1 aliphatic rings. The van der Waals surface area contributed by atoms with Crippen molar-refractivity contribution in [1.29, 1.82) is 0 Å². The highest BCUT2D eigenvalue weighted by Crippen LogP contribution is 2.22. The zero-order valence-electron chi connectivity index (χ0n) is 10.9. The van der Waals surface area contributed by atoms with Crippen molar-refractivity contribution >= 4 is 0 Å². The average Bonchev–Trinajstić information content (AvgIpc) is 2.86. The first-order valence-electron chi connectivity index (χ1n) is 6.24. The summed E-state index contributed by atoms with van der Waals surface area (Å²) in [5.41, 5.74) is 5.60. The Morgan fingerprint density at radius 2 is 2.18 bits per heavy atom. The summed E-state index contributed by atoms with van der Waals surface area (Å²) >= 11 is 0. The molecule has 2 rings (SSSR count). The van der Waals surface area contributed by atoms with Gasteiger partial charge in [0.25, 0.3) is 0 Å². The van der Waals surface area contributed by atoms with Crippen LogP contribution in [0.3, 0.4) is 0 Å². The van der Waals surface area contributed by atoms with Gasteiger partial charge in [-0.15, -0.1) is 10.2 Å². The first kappa shape index (κ1) is 12.5. The van der Waals surface area contributed by atoms with Gasteiger partial charge in [-0.1, -0.05) is 20.8 Å². The maximum atomic E-state index is 5.68. The predicted octanol–water partition coefficient (Wildman–Crippen LogP) is 1.15. The van der Waals surface area contributed by atoms with Gasteiger partial charge in [0.15, 0.2) is 0 Å². The summed E-state index contributed by atoms with van der Waals surface area (Å²) < 4.78 is 5.68. The fourth-order valence-electron chi connectivity index (χ4n) is 2.06. The molecule has 1 aromatic rings. The average molecular weight is 238 g/mol. The Hall–Kier alpha value is -0.940. The summed E-state index contributed by atoms with van der Waals surface area (Å²) in [6, 6.07) is 0. The van der Waals surface area contributed by atoms with Gasteiger partial charge >= 0.3 is 0 Å². The summed E-state index contributed by atoms with van der Waals surface area (Å²) in [4.78, 5) is 2.33. The number of aromatic nitrogens is 2. The fraction of sp³-hybridized carbons (Fsp3) is 0.833. The smallest absolute Gasteiger partial charge is 0.230 e. The minimum Gasteiger partial charge on any atom is -0.423 e. The van der Waals surface area contributed by atoms with Crippen molar-refractivity contribution < 1.29 is 4.42 Å². The number of nitrogens with zero attached hydrogens (tertiary/aromatic N) is 3. The van der Waals surface area contributed by atoms with Crippen LogP contribution in [0, 0.1) is 5.92 Å². The summed E-state index contributed by atoms with van der Waals surface area (Å²) in [5.74, 6) is 2.05. The van der Waals surface area contributed by atoms with Crippen molar-refractivity contribution in [2.24, 2.45) is 11.7 Å². The second-order valence-corrected chi connectivity index (χ2v) is 5.88. The van der Waals surface area contributed by atoms with Crippen LogP contribution in [0.2, 0.25) is 0 Å². The van der Waals surface area contributed by atoms with Gasteiger partial charge in [-0.25, -0.2) is 0 Å². The highest BCUT2D eigenvalue weighted by Gasteiger charge is 2.25. The van der Waals surface area contributed by atoms with Gasteiger partial charge in [0.1, 0.15) is 0 Å². The molecule has 5 nitrogen and oxygen atoms in total. The number of rotatable bonds is 3. The minimum atomic E-state index is -0.0734. The summed E-state index contributed by atoms with van der Waals surface area (Å²) in [6.45, 7) is 9.87. The van der Waals surface area contributed by atoms with Crippen LogP contribution in [0.4, 0.5) is 0 Å². The Morgan fingerprint density at radius 1 is 1.41 bits per heavy atom. The lowest BCUT2D eigenvalue weighted by Crippen LogP contribution is -2.22. The van der Waals surface area contributed by atoms with Gasteiger partial charge in [-0.2, -0.15) is 0 Å². The molecule has 0 amide bonds. The van der Waals surface area contributed by atoms with Crippen molar-refractivity contribution in [3.63, 3.8) is 0 Å². The van der Waals surface area contributed by atoms with E-state index in [1.54, 1.807) is 0 Å². The first-order valence-corrected chi connectivity index (χ1v) is 6.24. The largest absolute Gasteiger partial charge is 0.423 e. The molecule has 17 heavy (non-hydrogen) atoms. The molecule has 0 spiro atoms. The molecule has 0 bridgehead atoms. The minimum absolute atomic E-state index is 0.0734. The summed E-state index contributed by atoms with van der Waals surface area (Å²) in [7, 11) is 0. The van der Waals surface area contributed by atoms with Crippen LogP contribution in [0.5, 0.6) is 0 Å². The third kappa shape index (κ3) is 3.04. The number of nitrogens with two attached hydrogens (primary N) is 1. The van der Waals surface area contributed by atoms with E-state index < -0.39 is 0 Å². The van der Waals surface area contributed by atoms with Gasteiger partial charge in [0.05, 0.1) is 6.54 Å². The van der Waals surface area contributed by atoms with Crippen LogP contribution >= 0.6 is 0 Å². The lowest BCUT2D eigenvalue weighted by Gasteiger charge is -2.13. The van der Waals surface area contributed by atoms with Crippen LogP contribution in [-0.4, -0.2) is 34.7 Å². The van der Waals surface area contributed by atoms with Crippen LogP contribution < -0.4 is 5.73 Å². The zero-order valence-corrected chi connectivity index (χ0v) is 10.9. The molecule has 96 valence electrons. The normalized spacial score (nSPS) is 22.2. The van der Waals surface area contributed by atoms with E-state index in [-0.39, 0.29) is 5.41 Å². The van der Waals surface area contributed by atoms with Gasteiger partial charge < -0.3 is 10.2 Å². The molecule has 1 aromatic heterocycles. The Morgan fingerprint density at radius 3 is 2.71 bits per heavy atom. The van der Waals surface area contributed by atoms with E-state index in [4.69, 9.17) is 10.2 Å². The number of hydrogen-bond donors (Lipinski definition) is 1. The molecular formula is C12H22N4O. The van der Waals surface area contributed by atoms with Gasteiger partial charge in [0, 0.05) is 12.0 Å². The molecule has 0 saturated carbocycles. The molecule has 0 aromatic carbocycles. The molecule has 1 unspecified atom stereocenters. The van der Waals surface area contributed by atoms with Crippen molar-refractivity contribution in [3.05, 3.63) is 11.8 Å². The second-order valence-electron chi connectivity index (χ2n) is 5.88. The van der Waals surface area contributed by atoms with Crippen LogP contribution in [0.1, 0.15) is 39.0 Å². The second kappa shape index (κ2) is 4.74. The van der Waals surface area contributed by atoms with E-state index in [0.717, 1.165) is 26.2 Å². The van der Waals surface area contributed by atoms with Crippen LogP contribution in [0.15, 0.2) is 4.42 Å². The topological polar surface area (TPSA) is 68.2 Å². The van der Waals surface area contributed by atoms with Crippen LogP contribution in [0.25, 0.3) is 0 Å². The predicted molar refractivity (Wildman–Crippen MR) is 65.4 cm³/mol. The molecule has 2 heterocycles. The van der Waals surface area contributed by atoms with Crippen molar-refractivity contribution in [1.82, 2.24) is 15.1 Å². The standard InChI is InChI=1S/C12H22N4O/c1-12(2,3)11-15-14-10(17-11)8-16-5-4-9(6-13)7-16/h9H,4-8,13H2,1-3H3. The molecule has 1 aliphatic heterocycles. The van der Waals surface area contributed by atoms with Gasteiger partial charge in [-0.3, -0.25) is 4.90 Å². The SMILES string of the molecule is CC(C)(C)c1nnc(CN2CCC(CN)C2)o1. The maximum absolute atomic E-state index is 5.68. The van der Waals surface area contributed by atoms with Crippen molar-refractivity contribution in [3.8, 4) is 0 Å². The zero-order chi connectivity index (χ0) is 12.5. The Labute approximate surface area is 102 Å². The van der Waals surface area contributed by atoms with Crippen LogP contribution in [-0.2, 0) is 12.0 Å². The molecule has 5 heteroatoms. The Kier molecular flexibility index (Phi) is 3.49. The van der Waals surface area contributed by atoms with Crippen molar-refractivity contribution in [2.45, 2.75) is 39.2 Å². The molecule has 0 aliphatic carbocycles. The number of hydrogen-bond acceptors (Lipinski definition) is 5. The quantitative estimate of drug-likeness (QED) is 0.855.